The van der Waals surface area contributed by atoms with Gasteiger partial charge in [0.2, 0.25) is 0 Å². The third-order valence-electron chi connectivity index (χ3n) is 0.341. The number of hydrogen-bond donors (Lipinski definition) is 1. The number of aliphatic carboxylic acids is 1. The quantitative estimate of drug-likeness (QED) is 0.503. The van der Waals surface area contributed by atoms with E-state index in [9.17, 15) is 9.90 Å². The van der Waals surface area contributed by atoms with Gasteiger partial charge in [-0.2, -0.15) is 0 Å². The molecule has 0 spiro atoms. The number of aliphatic hydroxyl groups excluding tert-OH is 1. The summed E-state index contributed by atoms with van der Waals surface area (Å²) in [6.07, 6.45) is -1.34. The minimum atomic E-state index is -1.44. The molecule has 0 aliphatic carbocycles. The standard InChI is InChI=1S/C3H6O3.Al.O.Zr/c1-2(4)3(5)6;;;/h2,4H,1H3,(H,5,6);;;/q;+3;-2;+4/p-1. The van der Waals surface area contributed by atoms with Crippen LogP contribution in [0.25, 0.3) is 0 Å². The molecule has 0 aromatic carbocycles. The van der Waals surface area contributed by atoms with Crippen LogP contribution in [-0.4, -0.2) is 34.5 Å². The average molecular weight is 223 g/mol. The third-order valence-corrected chi connectivity index (χ3v) is 0.341. The van der Waals surface area contributed by atoms with Gasteiger partial charge in [0.1, 0.15) is 0 Å². The molecule has 4 nitrogen and oxygen atoms in total. The summed E-state index contributed by atoms with van der Waals surface area (Å²) < 4.78 is 0. The Hall–Kier alpha value is 0.806. The molecule has 1 N–H and O–H groups in total. The summed E-state index contributed by atoms with van der Waals surface area (Å²) in [6.45, 7) is 1.13. The van der Waals surface area contributed by atoms with E-state index in [2.05, 4.69) is 0 Å². The molecular weight excluding hydrogens is 218 g/mol. The molecule has 1 atom stereocenters. The zero-order valence-electron chi connectivity index (χ0n) is 4.83. The topological polar surface area (TPSA) is 88.9 Å². The Morgan fingerprint density at radius 1 is 1.67 bits per heavy atom. The SMILES string of the molecule is CC(O)C(=O)[O-].[Al+3].[O-2].[Zr+4]. The average Bonchev–Trinajstić information content (AvgIpc) is 1.36. The summed E-state index contributed by atoms with van der Waals surface area (Å²) in [4.78, 5) is 9.34. The van der Waals surface area contributed by atoms with E-state index >= 15 is 0 Å². The molecule has 0 aliphatic heterocycles. The summed E-state index contributed by atoms with van der Waals surface area (Å²) in [5.74, 6) is -1.44. The molecule has 0 amide bonds. The fourth-order valence-electron chi connectivity index (χ4n) is 0. The number of carboxylic acid groups (broad SMARTS) is 1. The molecule has 6 heteroatoms. The second-order valence-electron chi connectivity index (χ2n) is 0.995. The molecule has 9 heavy (non-hydrogen) atoms. The van der Waals surface area contributed by atoms with Crippen LogP contribution in [0, 0.1) is 0 Å². The summed E-state index contributed by atoms with van der Waals surface area (Å²) >= 11 is 0. The molecule has 0 aromatic rings. The number of carbonyl (C=O) groups excluding carboxylic acids is 1. The number of carboxylic acids is 1. The van der Waals surface area contributed by atoms with E-state index in [4.69, 9.17) is 5.11 Å². The van der Waals surface area contributed by atoms with Crippen LogP contribution >= 0.6 is 0 Å². The van der Waals surface area contributed by atoms with Crippen LogP contribution in [0.3, 0.4) is 0 Å². The summed E-state index contributed by atoms with van der Waals surface area (Å²) in [5.41, 5.74) is 0. The van der Waals surface area contributed by atoms with Crippen molar-refractivity contribution in [3.63, 3.8) is 0 Å². The van der Waals surface area contributed by atoms with Gasteiger partial charge in [0.05, 0.1) is 12.1 Å². The van der Waals surface area contributed by atoms with E-state index in [1.54, 1.807) is 0 Å². The van der Waals surface area contributed by atoms with Gasteiger partial charge < -0.3 is 20.5 Å². The second-order valence-corrected chi connectivity index (χ2v) is 0.995. The Balaban J connectivity index is -0.0000000417. The Labute approximate surface area is 82.8 Å². The van der Waals surface area contributed by atoms with Crippen molar-refractivity contribution in [2.45, 2.75) is 13.0 Å². The van der Waals surface area contributed by atoms with Gasteiger partial charge in [-0.05, 0) is 6.92 Å². The Kier molecular flexibility index (Phi) is 29.0. The first-order valence-electron chi connectivity index (χ1n) is 1.53. The van der Waals surface area contributed by atoms with Crippen LogP contribution < -0.4 is 5.11 Å². The molecule has 0 heterocycles. The Bertz CT molecular complexity index is 66.8. The summed E-state index contributed by atoms with van der Waals surface area (Å²) in [5, 5.41) is 17.3. The molecule has 0 saturated heterocycles. The Morgan fingerprint density at radius 2 is 1.78 bits per heavy atom. The minimum absolute atomic E-state index is 0. The molecule has 0 bridgehead atoms. The van der Waals surface area contributed by atoms with Crippen molar-refractivity contribution in [3.8, 4) is 0 Å². The van der Waals surface area contributed by atoms with Crippen molar-refractivity contribution in [1.29, 1.82) is 0 Å². The normalized spacial score (nSPS) is 9.11. The van der Waals surface area contributed by atoms with Crippen molar-refractivity contribution < 1.29 is 46.7 Å². The maximum Gasteiger partial charge on any atom is 4.00 e. The van der Waals surface area contributed by atoms with Gasteiger partial charge >= 0.3 is 43.6 Å². The predicted molar refractivity (Wildman–Crippen MR) is 23.1 cm³/mol. The van der Waals surface area contributed by atoms with Gasteiger partial charge in [0.15, 0.2) is 0 Å². The maximum atomic E-state index is 9.34. The van der Waals surface area contributed by atoms with Crippen molar-refractivity contribution in [2.75, 3.05) is 0 Å². The zero-order valence-corrected chi connectivity index (χ0v) is 8.44. The maximum absolute atomic E-state index is 9.34. The molecule has 44 valence electrons. The molecular formula is C3H5AlO4Zr+4. The number of carbonyl (C=O) groups is 1. The van der Waals surface area contributed by atoms with Crippen molar-refractivity contribution in [1.82, 2.24) is 0 Å². The fourth-order valence-corrected chi connectivity index (χ4v) is 0. The van der Waals surface area contributed by atoms with Crippen LogP contribution in [0.5, 0.6) is 0 Å². The zero-order chi connectivity index (χ0) is 5.15. The van der Waals surface area contributed by atoms with Crippen LogP contribution in [0.4, 0.5) is 0 Å². The van der Waals surface area contributed by atoms with E-state index < -0.39 is 12.1 Å². The molecule has 0 aliphatic rings. The van der Waals surface area contributed by atoms with Crippen LogP contribution in [-0.2, 0) is 36.5 Å². The van der Waals surface area contributed by atoms with Crippen LogP contribution in [0.2, 0.25) is 0 Å². The molecule has 1 unspecified atom stereocenters. The smallest absolute Gasteiger partial charge is 2.00 e. The number of rotatable bonds is 1. The molecule has 0 saturated carbocycles. The van der Waals surface area contributed by atoms with E-state index in [0.29, 0.717) is 0 Å². The molecule has 0 radical (unpaired) electrons. The number of aliphatic hydroxyl groups is 1. The van der Waals surface area contributed by atoms with Gasteiger partial charge in [-0.1, -0.05) is 0 Å². The van der Waals surface area contributed by atoms with Gasteiger partial charge in [0.25, 0.3) is 0 Å². The van der Waals surface area contributed by atoms with Crippen molar-refractivity contribution >= 4 is 23.3 Å². The molecule has 0 rings (SSSR count). The molecule has 0 fully saturated rings. The largest absolute Gasteiger partial charge is 4.00 e. The van der Waals surface area contributed by atoms with E-state index in [1.807, 2.05) is 0 Å². The predicted octanol–water partition coefficient (Wildman–Crippen LogP) is -2.38. The molecule has 0 aromatic heterocycles. The first kappa shape index (κ1) is 22.6. The van der Waals surface area contributed by atoms with Crippen molar-refractivity contribution in [3.05, 3.63) is 0 Å². The van der Waals surface area contributed by atoms with Crippen LogP contribution in [0.1, 0.15) is 6.92 Å². The monoisotopic (exact) mass is 222 g/mol. The number of hydrogen-bond acceptors (Lipinski definition) is 3. The van der Waals surface area contributed by atoms with Gasteiger partial charge in [-0.25, -0.2) is 0 Å². The van der Waals surface area contributed by atoms with Crippen LogP contribution in [0.15, 0.2) is 0 Å². The van der Waals surface area contributed by atoms with E-state index in [1.165, 1.54) is 0 Å². The van der Waals surface area contributed by atoms with Crippen molar-refractivity contribution in [2.24, 2.45) is 0 Å². The van der Waals surface area contributed by atoms with Gasteiger partial charge in [0, 0.05) is 0 Å². The third kappa shape index (κ3) is 17.7. The Morgan fingerprint density at radius 3 is 1.78 bits per heavy atom. The van der Waals surface area contributed by atoms with E-state index in [0.717, 1.165) is 6.92 Å². The first-order chi connectivity index (χ1) is 2.64. The van der Waals surface area contributed by atoms with Gasteiger partial charge in [-0.15, -0.1) is 0 Å². The van der Waals surface area contributed by atoms with Gasteiger partial charge in [-0.3, -0.25) is 0 Å². The minimum Gasteiger partial charge on any atom is -2.00 e. The fraction of sp³-hybridized carbons (Fsp3) is 0.667. The first-order valence-corrected chi connectivity index (χ1v) is 1.53. The van der Waals surface area contributed by atoms with E-state index in [-0.39, 0.29) is 49.0 Å². The second kappa shape index (κ2) is 11.6. The summed E-state index contributed by atoms with van der Waals surface area (Å²) in [6, 6.07) is 0. The summed E-state index contributed by atoms with van der Waals surface area (Å²) in [7, 11) is 0.